The van der Waals surface area contributed by atoms with Crippen molar-refractivity contribution in [2.45, 2.75) is 56.8 Å². The van der Waals surface area contributed by atoms with E-state index in [1.54, 1.807) is 24.5 Å². The molecule has 2 heterocycles. The Kier molecular flexibility index (Phi) is 6.57. The summed E-state index contributed by atoms with van der Waals surface area (Å²) in [6.07, 6.45) is 8.10. The number of pyridine rings is 1. The quantitative estimate of drug-likeness (QED) is 0.673. The van der Waals surface area contributed by atoms with Gasteiger partial charge in [-0.3, -0.25) is 14.6 Å². The number of aromatic nitrogens is 1. The van der Waals surface area contributed by atoms with Gasteiger partial charge in [0.2, 0.25) is 5.91 Å². The van der Waals surface area contributed by atoms with E-state index in [4.69, 9.17) is 4.74 Å². The van der Waals surface area contributed by atoms with Crippen molar-refractivity contribution in [3.63, 3.8) is 0 Å². The number of carbonyl (C=O) groups excluding carboxylic acids is 2. The predicted octanol–water partition coefficient (Wildman–Crippen LogP) is 1.03. The number of aliphatic hydroxyl groups is 1. The van der Waals surface area contributed by atoms with Crippen molar-refractivity contribution in [1.29, 1.82) is 0 Å². The fourth-order valence-corrected chi connectivity index (χ4v) is 3.44. The molecule has 0 unspecified atom stereocenters. The third-order valence-corrected chi connectivity index (χ3v) is 5.30. The van der Waals surface area contributed by atoms with Gasteiger partial charge in [-0.1, -0.05) is 6.42 Å². The summed E-state index contributed by atoms with van der Waals surface area (Å²) >= 11 is 0. The highest BCUT2D eigenvalue weighted by Gasteiger charge is 2.32. The number of nitrogens with zero attached hydrogens (tertiary/aromatic N) is 1. The highest BCUT2D eigenvalue weighted by Crippen LogP contribution is 2.26. The van der Waals surface area contributed by atoms with Gasteiger partial charge in [-0.15, -0.1) is 0 Å². The average Bonchev–Trinajstić information content (AvgIpc) is 2.62. The van der Waals surface area contributed by atoms with Crippen molar-refractivity contribution >= 4 is 11.8 Å². The maximum absolute atomic E-state index is 12.3. The molecule has 1 aromatic heterocycles. The smallest absolute Gasteiger partial charge is 0.251 e. The minimum Gasteiger partial charge on any atom is -0.394 e. The van der Waals surface area contributed by atoms with Crippen molar-refractivity contribution in [3.8, 4) is 0 Å². The molecule has 0 bridgehead atoms. The third-order valence-electron chi connectivity index (χ3n) is 5.30. The maximum Gasteiger partial charge on any atom is 0.251 e. The summed E-state index contributed by atoms with van der Waals surface area (Å²) in [5.74, 6) is 0.152. The van der Waals surface area contributed by atoms with Gasteiger partial charge in [0, 0.05) is 30.4 Å². The molecule has 26 heavy (non-hydrogen) atoms. The van der Waals surface area contributed by atoms with E-state index in [1.807, 2.05) is 0 Å². The number of amides is 2. The molecule has 1 aromatic rings. The van der Waals surface area contributed by atoms with Gasteiger partial charge in [0.25, 0.3) is 5.91 Å². The predicted molar refractivity (Wildman–Crippen MR) is 95.4 cm³/mol. The zero-order valence-electron chi connectivity index (χ0n) is 14.9. The summed E-state index contributed by atoms with van der Waals surface area (Å²) in [5, 5.41) is 15.5. The number of hydrogen-bond donors (Lipinski definition) is 3. The minimum absolute atomic E-state index is 0.0112. The van der Waals surface area contributed by atoms with Gasteiger partial charge < -0.3 is 20.5 Å². The molecule has 1 saturated heterocycles. The molecule has 0 spiro atoms. The molecule has 7 heteroatoms. The van der Waals surface area contributed by atoms with Crippen LogP contribution >= 0.6 is 0 Å². The maximum atomic E-state index is 12.3. The van der Waals surface area contributed by atoms with E-state index in [9.17, 15) is 14.7 Å². The number of carbonyl (C=O) groups is 2. The molecule has 2 aliphatic rings. The molecule has 2 fully saturated rings. The van der Waals surface area contributed by atoms with Gasteiger partial charge >= 0.3 is 0 Å². The first-order valence-electron chi connectivity index (χ1n) is 9.42. The van der Waals surface area contributed by atoms with Crippen LogP contribution in [0, 0.1) is 5.92 Å². The Morgan fingerprint density at radius 2 is 1.96 bits per heavy atom. The normalized spacial score (nSPS) is 26.0. The van der Waals surface area contributed by atoms with E-state index in [1.165, 1.54) is 0 Å². The molecule has 0 aromatic carbocycles. The summed E-state index contributed by atoms with van der Waals surface area (Å²) < 4.78 is 5.94. The van der Waals surface area contributed by atoms with Crippen LogP contribution in [0.25, 0.3) is 0 Å². The molecule has 1 aliphatic carbocycles. The molecule has 1 saturated carbocycles. The molecule has 3 N–H and O–H groups in total. The molecule has 2 amide bonds. The van der Waals surface area contributed by atoms with Crippen LogP contribution in [-0.4, -0.2) is 53.3 Å². The lowest BCUT2D eigenvalue weighted by Gasteiger charge is -2.36. The topological polar surface area (TPSA) is 101 Å². The zero-order chi connectivity index (χ0) is 18.4. The van der Waals surface area contributed by atoms with E-state index in [-0.39, 0.29) is 36.5 Å². The summed E-state index contributed by atoms with van der Waals surface area (Å²) in [5.41, 5.74) is 0.539. The van der Waals surface area contributed by atoms with Crippen molar-refractivity contribution < 1.29 is 19.4 Å². The van der Waals surface area contributed by atoms with E-state index in [2.05, 4.69) is 15.6 Å². The molecule has 3 rings (SSSR count). The molecule has 7 nitrogen and oxygen atoms in total. The van der Waals surface area contributed by atoms with Crippen LogP contribution in [0.15, 0.2) is 24.5 Å². The Balaban J connectivity index is 1.43. The van der Waals surface area contributed by atoms with Crippen LogP contribution in [0.4, 0.5) is 0 Å². The van der Waals surface area contributed by atoms with Crippen molar-refractivity contribution in [2.24, 2.45) is 5.92 Å². The second-order valence-corrected chi connectivity index (χ2v) is 7.08. The summed E-state index contributed by atoms with van der Waals surface area (Å²) in [4.78, 5) is 28.0. The van der Waals surface area contributed by atoms with E-state index >= 15 is 0 Å². The third kappa shape index (κ3) is 4.80. The van der Waals surface area contributed by atoms with Gasteiger partial charge in [0.15, 0.2) is 0 Å². The summed E-state index contributed by atoms with van der Waals surface area (Å²) in [7, 11) is 0. The zero-order valence-corrected chi connectivity index (χ0v) is 14.9. The average molecular weight is 361 g/mol. The molecule has 3 atom stereocenters. The van der Waals surface area contributed by atoms with Gasteiger partial charge in [-0.2, -0.15) is 0 Å². The highest BCUT2D eigenvalue weighted by atomic mass is 16.5. The van der Waals surface area contributed by atoms with Crippen LogP contribution in [-0.2, 0) is 9.53 Å². The Hall–Kier alpha value is -1.99. The van der Waals surface area contributed by atoms with Crippen LogP contribution in [0.2, 0.25) is 0 Å². The minimum atomic E-state index is -0.429. The number of ether oxygens (including phenoxy) is 1. The summed E-state index contributed by atoms with van der Waals surface area (Å²) in [6, 6.07) is 3.09. The van der Waals surface area contributed by atoms with E-state index in [0.29, 0.717) is 12.1 Å². The first-order chi connectivity index (χ1) is 12.7. The van der Waals surface area contributed by atoms with Gasteiger partial charge in [-0.05, 0) is 44.2 Å². The number of rotatable bonds is 7. The fraction of sp³-hybridized carbons (Fsp3) is 0.632. The number of hydrogen-bond acceptors (Lipinski definition) is 5. The van der Waals surface area contributed by atoms with Crippen LogP contribution in [0.5, 0.6) is 0 Å². The van der Waals surface area contributed by atoms with Gasteiger partial charge in [0.05, 0.1) is 18.8 Å². The van der Waals surface area contributed by atoms with E-state index in [0.717, 1.165) is 38.5 Å². The van der Waals surface area contributed by atoms with Crippen LogP contribution in [0.1, 0.15) is 48.9 Å². The van der Waals surface area contributed by atoms with Crippen LogP contribution in [0.3, 0.4) is 0 Å². The Morgan fingerprint density at radius 1 is 1.19 bits per heavy atom. The van der Waals surface area contributed by atoms with Gasteiger partial charge in [0.1, 0.15) is 6.10 Å². The van der Waals surface area contributed by atoms with Crippen molar-refractivity contribution in [3.05, 3.63) is 30.1 Å². The van der Waals surface area contributed by atoms with Crippen molar-refractivity contribution in [1.82, 2.24) is 15.6 Å². The first kappa shape index (κ1) is 18.8. The Morgan fingerprint density at radius 3 is 2.62 bits per heavy atom. The number of nitrogens with one attached hydrogen (secondary N) is 2. The molecule has 0 radical (unpaired) electrons. The lowest BCUT2D eigenvalue weighted by molar-refractivity contribution is -0.127. The lowest BCUT2D eigenvalue weighted by Crippen LogP contribution is -2.51. The second kappa shape index (κ2) is 9.09. The van der Waals surface area contributed by atoms with Crippen molar-refractivity contribution in [2.75, 3.05) is 13.2 Å². The fourth-order valence-electron chi connectivity index (χ4n) is 3.44. The van der Waals surface area contributed by atoms with Gasteiger partial charge in [-0.25, -0.2) is 0 Å². The highest BCUT2D eigenvalue weighted by molar-refractivity contribution is 5.94. The molecule has 1 aliphatic heterocycles. The lowest BCUT2D eigenvalue weighted by atomic mass is 9.85. The Bertz CT molecular complexity index is 606. The molecular weight excluding hydrogens is 334 g/mol. The second-order valence-electron chi connectivity index (χ2n) is 7.08. The SMILES string of the molecule is O=C(N[C@H]1CC[C@H](CCNC(=O)C2CCC2)O[C@@H]1CO)c1ccncc1. The molecule has 142 valence electrons. The molecular formula is C19H27N3O4. The van der Waals surface area contributed by atoms with E-state index < -0.39 is 6.10 Å². The monoisotopic (exact) mass is 361 g/mol. The standard InChI is InChI=1S/C19H27N3O4/c23-12-17-16(22-19(25)14-6-9-20-10-7-14)5-4-15(26-17)8-11-21-18(24)13-2-1-3-13/h6-7,9-10,13,15-17,23H,1-5,8,11-12H2,(H,21,24)(H,22,25)/t15-,16+,17-/m1/s1. The summed E-state index contributed by atoms with van der Waals surface area (Å²) in [6.45, 7) is 0.443. The largest absolute Gasteiger partial charge is 0.394 e. The van der Waals surface area contributed by atoms with Crippen LogP contribution < -0.4 is 10.6 Å². The number of aliphatic hydroxyl groups excluding tert-OH is 1. The Labute approximate surface area is 153 Å². The first-order valence-corrected chi connectivity index (χ1v) is 9.42.